The minimum atomic E-state index is -0.0822. The van der Waals surface area contributed by atoms with Gasteiger partial charge in [0.1, 0.15) is 0 Å². The van der Waals surface area contributed by atoms with Crippen LogP contribution in [-0.4, -0.2) is 39.4 Å². The van der Waals surface area contributed by atoms with Crippen molar-refractivity contribution in [1.82, 2.24) is 14.5 Å². The molecule has 0 unspecified atom stereocenters. The minimum Gasteiger partial charge on any atom is -0.336 e. The van der Waals surface area contributed by atoms with Crippen molar-refractivity contribution in [3.05, 3.63) is 11.1 Å². The maximum atomic E-state index is 11.8. The fourth-order valence-electron chi connectivity index (χ4n) is 1.11. The standard InChI is InChI=1S/C8H12ClN3OS/c1-2-4-12(5-3-9)8(13)7-6-14-11-10-7/h6H,2-5H2,1H3. The van der Waals surface area contributed by atoms with E-state index in [-0.39, 0.29) is 5.91 Å². The van der Waals surface area contributed by atoms with Crippen molar-refractivity contribution in [1.29, 1.82) is 0 Å². The van der Waals surface area contributed by atoms with Crippen LogP contribution in [0.2, 0.25) is 0 Å². The molecule has 0 atom stereocenters. The zero-order valence-corrected chi connectivity index (χ0v) is 9.51. The SMILES string of the molecule is CCCN(CCCl)C(=O)c1csnn1. The summed E-state index contributed by atoms with van der Waals surface area (Å²) in [5.41, 5.74) is 0.411. The predicted molar refractivity (Wildman–Crippen MR) is 56.8 cm³/mol. The third-order valence-corrected chi connectivity index (χ3v) is 2.39. The number of rotatable bonds is 5. The molecule has 4 nitrogen and oxygen atoms in total. The third-order valence-electron chi connectivity index (χ3n) is 1.71. The zero-order valence-electron chi connectivity index (χ0n) is 7.94. The lowest BCUT2D eigenvalue weighted by atomic mass is 10.3. The van der Waals surface area contributed by atoms with Gasteiger partial charge in [-0.1, -0.05) is 11.4 Å². The molecular formula is C8H12ClN3OS. The Morgan fingerprint density at radius 1 is 1.64 bits per heavy atom. The Morgan fingerprint density at radius 2 is 2.43 bits per heavy atom. The molecule has 1 aromatic rings. The van der Waals surface area contributed by atoms with E-state index in [1.807, 2.05) is 6.92 Å². The molecule has 1 aromatic heterocycles. The van der Waals surface area contributed by atoms with Crippen LogP contribution in [-0.2, 0) is 0 Å². The third kappa shape index (κ3) is 2.92. The Hall–Kier alpha value is -0.680. The summed E-state index contributed by atoms with van der Waals surface area (Å²) in [6.45, 7) is 3.29. The van der Waals surface area contributed by atoms with Crippen molar-refractivity contribution in [3.8, 4) is 0 Å². The van der Waals surface area contributed by atoms with E-state index < -0.39 is 0 Å². The molecule has 6 heteroatoms. The second kappa shape index (κ2) is 5.93. The van der Waals surface area contributed by atoms with Crippen LogP contribution in [0.3, 0.4) is 0 Å². The largest absolute Gasteiger partial charge is 0.336 e. The monoisotopic (exact) mass is 233 g/mol. The number of nitrogens with zero attached hydrogens (tertiary/aromatic N) is 3. The molecule has 0 radical (unpaired) electrons. The van der Waals surface area contributed by atoms with Gasteiger partial charge in [0.25, 0.3) is 5.91 Å². The van der Waals surface area contributed by atoms with Crippen LogP contribution in [0.5, 0.6) is 0 Å². The van der Waals surface area contributed by atoms with Gasteiger partial charge < -0.3 is 4.90 Å². The lowest BCUT2D eigenvalue weighted by Gasteiger charge is -2.19. The lowest BCUT2D eigenvalue weighted by molar-refractivity contribution is 0.0759. The molecule has 0 spiro atoms. The van der Waals surface area contributed by atoms with Gasteiger partial charge in [0.2, 0.25) is 0 Å². The maximum Gasteiger partial charge on any atom is 0.275 e. The fraction of sp³-hybridized carbons (Fsp3) is 0.625. The molecule has 0 saturated carbocycles. The average molecular weight is 234 g/mol. The van der Waals surface area contributed by atoms with Gasteiger partial charge in [-0.15, -0.1) is 16.7 Å². The Kier molecular flexibility index (Phi) is 4.82. The Balaban J connectivity index is 2.63. The highest BCUT2D eigenvalue weighted by Gasteiger charge is 2.16. The smallest absolute Gasteiger partial charge is 0.275 e. The number of carbonyl (C=O) groups excluding carboxylic acids is 1. The number of hydrogen-bond acceptors (Lipinski definition) is 4. The second-order valence-electron chi connectivity index (χ2n) is 2.77. The number of halogens is 1. The molecule has 1 heterocycles. The van der Waals surface area contributed by atoms with E-state index >= 15 is 0 Å². The highest BCUT2D eigenvalue weighted by Crippen LogP contribution is 2.04. The van der Waals surface area contributed by atoms with Gasteiger partial charge in [0, 0.05) is 24.3 Å². The van der Waals surface area contributed by atoms with Crippen molar-refractivity contribution in [3.63, 3.8) is 0 Å². The molecule has 1 rings (SSSR count). The first kappa shape index (κ1) is 11.4. The first-order valence-electron chi connectivity index (χ1n) is 4.42. The first-order chi connectivity index (χ1) is 6.79. The van der Waals surface area contributed by atoms with Crippen LogP contribution in [0, 0.1) is 0 Å². The number of alkyl halides is 1. The van der Waals surface area contributed by atoms with Crippen molar-refractivity contribution >= 4 is 29.0 Å². The summed E-state index contributed by atoms with van der Waals surface area (Å²) in [5.74, 6) is 0.366. The second-order valence-corrected chi connectivity index (χ2v) is 3.76. The molecule has 1 amide bonds. The molecule has 0 aliphatic rings. The van der Waals surface area contributed by atoms with Crippen LogP contribution in [0.4, 0.5) is 0 Å². The normalized spacial score (nSPS) is 10.1. The van der Waals surface area contributed by atoms with Crippen molar-refractivity contribution in [2.75, 3.05) is 19.0 Å². The molecule has 0 aromatic carbocycles. The summed E-state index contributed by atoms with van der Waals surface area (Å²) in [7, 11) is 0. The zero-order chi connectivity index (χ0) is 10.4. The topological polar surface area (TPSA) is 46.1 Å². The maximum absolute atomic E-state index is 11.8. The van der Waals surface area contributed by atoms with Gasteiger partial charge in [-0.25, -0.2) is 0 Å². The summed E-state index contributed by atoms with van der Waals surface area (Å²) < 4.78 is 3.66. The van der Waals surface area contributed by atoms with Crippen molar-refractivity contribution in [2.24, 2.45) is 0 Å². The van der Waals surface area contributed by atoms with E-state index in [2.05, 4.69) is 9.59 Å². The lowest BCUT2D eigenvalue weighted by Crippen LogP contribution is -2.33. The number of carbonyl (C=O) groups is 1. The molecule has 0 aliphatic carbocycles. The van der Waals surface area contributed by atoms with E-state index in [0.29, 0.717) is 24.7 Å². The quantitative estimate of drug-likeness (QED) is 0.727. The summed E-state index contributed by atoms with van der Waals surface area (Å²) in [4.78, 5) is 13.5. The van der Waals surface area contributed by atoms with Crippen LogP contribution in [0.25, 0.3) is 0 Å². The van der Waals surface area contributed by atoms with Gasteiger partial charge >= 0.3 is 0 Å². The average Bonchev–Trinajstić information content (AvgIpc) is 2.69. The molecule has 0 aliphatic heterocycles. The van der Waals surface area contributed by atoms with Crippen molar-refractivity contribution < 1.29 is 4.79 Å². The van der Waals surface area contributed by atoms with Crippen LogP contribution in [0.1, 0.15) is 23.8 Å². The van der Waals surface area contributed by atoms with Crippen LogP contribution < -0.4 is 0 Å². The Labute approximate surface area is 92.0 Å². The van der Waals surface area contributed by atoms with Gasteiger partial charge in [-0.05, 0) is 18.0 Å². The first-order valence-corrected chi connectivity index (χ1v) is 5.79. The van der Waals surface area contributed by atoms with E-state index in [0.717, 1.165) is 6.42 Å². The fourth-order valence-corrected chi connectivity index (χ4v) is 1.74. The number of hydrogen-bond donors (Lipinski definition) is 0. The molecule has 14 heavy (non-hydrogen) atoms. The van der Waals surface area contributed by atoms with Gasteiger partial charge in [-0.3, -0.25) is 4.79 Å². The molecule has 0 saturated heterocycles. The number of aromatic nitrogens is 2. The van der Waals surface area contributed by atoms with Gasteiger partial charge in [0.05, 0.1) is 0 Å². The molecule has 0 fully saturated rings. The highest BCUT2D eigenvalue weighted by atomic mass is 35.5. The minimum absolute atomic E-state index is 0.0822. The van der Waals surface area contributed by atoms with E-state index in [4.69, 9.17) is 11.6 Å². The van der Waals surface area contributed by atoms with Crippen LogP contribution >= 0.6 is 23.1 Å². The number of amides is 1. The van der Waals surface area contributed by atoms with Crippen LogP contribution in [0.15, 0.2) is 5.38 Å². The van der Waals surface area contributed by atoms with Gasteiger partial charge in [0.15, 0.2) is 5.69 Å². The summed E-state index contributed by atoms with van der Waals surface area (Å²) in [6.07, 6.45) is 0.917. The van der Waals surface area contributed by atoms with Gasteiger partial charge in [-0.2, -0.15) is 0 Å². The van der Waals surface area contributed by atoms with Crippen molar-refractivity contribution in [2.45, 2.75) is 13.3 Å². The van der Waals surface area contributed by atoms with E-state index in [9.17, 15) is 4.79 Å². The molecule has 78 valence electrons. The summed E-state index contributed by atoms with van der Waals surface area (Å²) in [5, 5.41) is 5.39. The molecule has 0 bridgehead atoms. The molecular weight excluding hydrogens is 222 g/mol. The molecule has 0 N–H and O–H groups in total. The Morgan fingerprint density at radius 3 is 2.93 bits per heavy atom. The van der Waals surface area contributed by atoms with E-state index in [1.54, 1.807) is 10.3 Å². The summed E-state index contributed by atoms with van der Waals surface area (Å²) >= 11 is 6.79. The Bertz CT molecular complexity index is 272. The summed E-state index contributed by atoms with van der Waals surface area (Å²) in [6, 6.07) is 0. The van der Waals surface area contributed by atoms with E-state index in [1.165, 1.54) is 11.5 Å². The highest BCUT2D eigenvalue weighted by molar-refractivity contribution is 7.03. The predicted octanol–water partition coefficient (Wildman–Crippen LogP) is 1.63.